The molecule has 1 amide bonds. The van der Waals surface area contributed by atoms with Gasteiger partial charge in [-0.1, -0.05) is 39.0 Å². The van der Waals surface area contributed by atoms with Crippen LogP contribution in [-0.4, -0.2) is 60.1 Å². The fourth-order valence-electron chi connectivity index (χ4n) is 3.89. The predicted octanol–water partition coefficient (Wildman–Crippen LogP) is 2.59. The van der Waals surface area contributed by atoms with E-state index in [1.54, 1.807) is 11.0 Å². The summed E-state index contributed by atoms with van der Waals surface area (Å²) in [6.45, 7) is 10.1. The van der Waals surface area contributed by atoms with Crippen LogP contribution in [0, 0.1) is 11.3 Å². The summed E-state index contributed by atoms with van der Waals surface area (Å²) in [5, 5.41) is 19.4. The molecule has 0 radical (unpaired) electrons. The second-order valence-corrected chi connectivity index (χ2v) is 9.29. The van der Waals surface area contributed by atoms with Gasteiger partial charge in [0, 0.05) is 12.5 Å². The minimum atomic E-state index is -0.969. The van der Waals surface area contributed by atoms with Crippen LogP contribution in [0.3, 0.4) is 0 Å². The van der Waals surface area contributed by atoms with E-state index in [1.807, 2.05) is 38.1 Å². The number of hydrogen-bond donors (Lipinski definition) is 3. The van der Waals surface area contributed by atoms with Crippen LogP contribution in [0.15, 0.2) is 36.9 Å². The Kier molecular flexibility index (Phi) is 9.24. The van der Waals surface area contributed by atoms with Crippen molar-refractivity contribution < 1.29 is 29.3 Å². The third-order valence-corrected chi connectivity index (χ3v) is 5.61. The number of carboxylic acids is 1. The number of benzene rings is 1. The second-order valence-electron chi connectivity index (χ2n) is 9.29. The number of fused-ring (bicyclic) bond motifs is 1. The van der Waals surface area contributed by atoms with E-state index in [9.17, 15) is 14.7 Å². The Bertz CT molecular complexity index is 796. The van der Waals surface area contributed by atoms with E-state index in [0.29, 0.717) is 37.6 Å². The maximum absolute atomic E-state index is 13.3. The molecule has 0 saturated carbocycles. The van der Waals surface area contributed by atoms with Crippen LogP contribution in [-0.2, 0) is 14.3 Å². The van der Waals surface area contributed by atoms with Crippen LogP contribution in [0.5, 0.6) is 5.75 Å². The zero-order valence-corrected chi connectivity index (χ0v) is 19.2. The third kappa shape index (κ3) is 7.32. The summed E-state index contributed by atoms with van der Waals surface area (Å²) in [6, 6.07) is 6.77. The molecule has 1 aromatic carbocycles. The van der Waals surface area contributed by atoms with Gasteiger partial charge in [0.1, 0.15) is 11.9 Å². The van der Waals surface area contributed by atoms with E-state index >= 15 is 0 Å². The van der Waals surface area contributed by atoms with Gasteiger partial charge in [0.05, 0.1) is 37.5 Å². The van der Waals surface area contributed by atoms with Gasteiger partial charge in [-0.3, -0.25) is 9.59 Å². The maximum atomic E-state index is 13.3. The van der Waals surface area contributed by atoms with Crippen molar-refractivity contribution in [1.82, 2.24) is 0 Å². The van der Waals surface area contributed by atoms with Crippen molar-refractivity contribution >= 4 is 17.6 Å². The normalized spacial score (nSPS) is 18.8. The Hall–Kier alpha value is -2.42. The number of rotatable bonds is 12. The Morgan fingerprint density at radius 3 is 2.75 bits per heavy atom. The molecule has 1 aliphatic rings. The molecule has 0 aliphatic carbocycles. The molecule has 4 atom stereocenters. The molecule has 4 N–H and O–H groups in total. The van der Waals surface area contributed by atoms with Crippen molar-refractivity contribution in [1.29, 1.82) is 0 Å². The lowest BCUT2D eigenvalue weighted by atomic mass is 9.80. The molecule has 32 heavy (non-hydrogen) atoms. The number of carbonyl (C=O) groups is 2. The zero-order chi connectivity index (χ0) is 23.9. The number of hydrogen-bond acceptors (Lipinski definition) is 6. The summed E-state index contributed by atoms with van der Waals surface area (Å²) < 4.78 is 11.5. The molecule has 2 rings (SSSR count). The van der Waals surface area contributed by atoms with E-state index < -0.39 is 29.4 Å². The Labute approximate surface area is 190 Å². The Balaban J connectivity index is 2.05. The quantitative estimate of drug-likeness (QED) is 0.332. The van der Waals surface area contributed by atoms with Crippen molar-refractivity contribution in [2.24, 2.45) is 17.1 Å². The number of nitrogens with zero attached hydrogens (tertiary/aromatic N) is 1. The monoisotopic (exact) mass is 448 g/mol. The smallest absolute Gasteiger partial charge is 0.306 e. The zero-order valence-electron chi connectivity index (χ0n) is 19.2. The second kappa shape index (κ2) is 11.4. The lowest BCUT2D eigenvalue weighted by molar-refractivity contribution is -0.142. The van der Waals surface area contributed by atoms with E-state index in [4.69, 9.17) is 20.3 Å². The van der Waals surface area contributed by atoms with Gasteiger partial charge < -0.3 is 30.3 Å². The first-order chi connectivity index (χ1) is 15.0. The van der Waals surface area contributed by atoms with Gasteiger partial charge in [0.25, 0.3) is 0 Å². The Morgan fingerprint density at radius 1 is 1.41 bits per heavy atom. The molecular formula is C24H36N2O6. The van der Waals surface area contributed by atoms with Crippen molar-refractivity contribution in [2.75, 3.05) is 24.7 Å². The molecule has 8 heteroatoms. The highest BCUT2D eigenvalue weighted by atomic mass is 16.5. The maximum Gasteiger partial charge on any atom is 0.306 e. The molecule has 0 bridgehead atoms. The van der Waals surface area contributed by atoms with Gasteiger partial charge in [0.2, 0.25) is 5.91 Å². The van der Waals surface area contributed by atoms with Gasteiger partial charge in [-0.05, 0) is 30.4 Å². The molecular weight excluding hydrogens is 412 g/mol. The number of carboxylic acid groups (broad SMARTS) is 1. The van der Waals surface area contributed by atoms with Crippen LogP contribution >= 0.6 is 0 Å². The van der Waals surface area contributed by atoms with Crippen LogP contribution in [0.4, 0.5) is 5.69 Å². The highest BCUT2D eigenvalue weighted by Crippen LogP contribution is 2.36. The number of carbonyl (C=O) groups excluding carboxylic acids is 1. The fourth-order valence-corrected chi connectivity index (χ4v) is 3.89. The summed E-state index contributed by atoms with van der Waals surface area (Å²) in [4.78, 5) is 26.1. The first-order valence-corrected chi connectivity index (χ1v) is 10.9. The summed E-state index contributed by atoms with van der Waals surface area (Å²) in [5.74, 6) is -1.10. The van der Waals surface area contributed by atoms with Gasteiger partial charge in [-0.2, -0.15) is 0 Å². The Morgan fingerprint density at radius 2 is 2.09 bits per heavy atom. The van der Waals surface area contributed by atoms with Crippen LogP contribution < -0.4 is 15.4 Å². The summed E-state index contributed by atoms with van der Waals surface area (Å²) >= 11 is 0. The number of ether oxygens (including phenoxy) is 2. The van der Waals surface area contributed by atoms with E-state index in [1.165, 1.54) is 6.92 Å². The molecule has 0 unspecified atom stereocenters. The fraction of sp³-hybridized carbons (Fsp3) is 0.583. The average Bonchev–Trinajstić information content (AvgIpc) is 2.72. The minimum Gasteiger partial charge on any atom is -0.484 e. The number of amides is 1. The molecule has 1 heterocycles. The lowest BCUT2D eigenvalue weighted by Gasteiger charge is -2.37. The number of aliphatic hydroxyl groups is 1. The van der Waals surface area contributed by atoms with Crippen molar-refractivity contribution in [3.63, 3.8) is 0 Å². The van der Waals surface area contributed by atoms with Gasteiger partial charge >= 0.3 is 5.97 Å². The SMILES string of the molecule is C=CCOC[C@H]1CN(C(=O)CC(C)(C)C[C@H](N)[C@@H](O)C[C@@H](C)C(=O)O)c2ccccc2O1. The number of nitrogens with two attached hydrogens (primary N) is 1. The molecule has 8 nitrogen and oxygen atoms in total. The van der Waals surface area contributed by atoms with Gasteiger partial charge in [-0.25, -0.2) is 0 Å². The highest BCUT2D eigenvalue weighted by molar-refractivity contribution is 5.95. The highest BCUT2D eigenvalue weighted by Gasteiger charge is 2.34. The van der Waals surface area contributed by atoms with Crippen LogP contribution in [0.25, 0.3) is 0 Å². The molecule has 1 aromatic rings. The van der Waals surface area contributed by atoms with Crippen LogP contribution in [0.1, 0.15) is 40.0 Å². The van der Waals surface area contributed by atoms with Crippen LogP contribution in [0.2, 0.25) is 0 Å². The van der Waals surface area contributed by atoms with Crippen molar-refractivity contribution in [3.8, 4) is 5.75 Å². The third-order valence-electron chi connectivity index (χ3n) is 5.61. The van der Waals surface area contributed by atoms with E-state index in [0.717, 1.165) is 0 Å². The molecule has 0 spiro atoms. The molecule has 0 fully saturated rings. The predicted molar refractivity (Wildman–Crippen MR) is 123 cm³/mol. The largest absolute Gasteiger partial charge is 0.484 e. The molecule has 0 aromatic heterocycles. The first-order valence-electron chi connectivity index (χ1n) is 10.9. The number of aliphatic hydroxyl groups excluding tert-OH is 1. The lowest BCUT2D eigenvalue weighted by Crippen LogP contribution is -2.47. The summed E-state index contributed by atoms with van der Waals surface area (Å²) in [6.07, 6.45) is 1.09. The van der Waals surface area contributed by atoms with Gasteiger partial charge in [0.15, 0.2) is 0 Å². The first kappa shape index (κ1) is 25.8. The minimum absolute atomic E-state index is 0.0694. The van der Waals surface area contributed by atoms with Gasteiger partial charge in [-0.15, -0.1) is 6.58 Å². The van der Waals surface area contributed by atoms with E-state index in [2.05, 4.69) is 6.58 Å². The molecule has 178 valence electrons. The average molecular weight is 449 g/mol. The molecule has 0 saturated heterocycles. The van der Waals surface area contributed by atoms with E-state index in [-0.39, 0.29) is 24.9 Å². The topological polar surface area (TPSA) is 122 Å². The summed E-state index contributed by atoms with van der Waals surface area (Å²) in [7, 11) is 0. The number of aliphatic carboxylic acids is 1. The van der Waals surface area contributed by atoms with Crippen molar-refractivity contribution in [2.45, 2.75) is 58.3 Å². The van der Waals surface area contributed by atoms with Crippen molar-refractivity contribution in [3.05, 3.63) is 36.9 Å². The standard InChI is InChI=1S/C24H36N2O6/c1-5-10-31-15-17-14-26(19-8-6-7-9-21(19)32-17)22(28)13-24(3,4)12-18(25)20(27)11-16(2)23(29)30/h5-9,16-18,20,27H,1,10-15,25H2,2-4H3,(H,29,30)/t16-,17-,18+,20+/m1/s1. The summed E-state index contributed by atoms with van der Waals surface area (Å²) in [5.41, 5.74) is 6.38. The number of para-hydroxylation sites is 2. The number of anilines is 1. The molecule has 1 aliphatic heterocycles.